The number of Topliss-reactive ketones (excluding diaryl/α,β-unsaturated/α-hetero) is 2. The second-order valence-electron chi connectivity index (χ2n) is 6.79. The molecule has 1 saturated carbocycles. The van der Waals surface area contributed by atoms with Crippen molar-refractivity contribution in [3.8, 4) is 0 Å². The van der Waals surface area contributed by atoms with Gasteiger partial charge in [0.05, 0.1) is 12.0 Å². The smallest absolute Gasteiger partial charge is 0.324 e. The van der Waals surface area contributed by atoms with Crippen molar-refractivity contribution in [3.63, 3.8) is 0 Å². The van der Waals surface area contributed by atoms with Gasteiger partial charge >= 0.3 is 5.97 Å². The molecule has 1 aromatic rings. The Balaban J connectivity index is 2.06. The highest BCUT2D eigenvalue weighted by atomic mass is 16.5. The molecule has 4 heteroatoms. The van der Waals surface area contributed by atoms with Gasteiger partial charge in [-0.15, -0.1) is 0 Å². The first-order valence-corrected chi connectivity index (χ1v) is 8.33. The van der Waals surface area contributed by atoms with Crippen molar-refractivity contribution >= 4 is 17.5 Å². The highest BCUT2D eigenvalue weighted by molar-refractivity contribution is 6.28. The number of ether oxygens (including phenoxy) is 1. The lowest BCUT2D eigenvalue weighted by molar-refractivity contribution is -0.151. The second kappa shape index (κ2) is 5.91. The van der Waals surface area contributed by atoms with E-state index in [1.807, 2.05) is 19.1 Å². The minimum Gasteiger partial charge on any atom is -0.465 e. The Labute approximate surface area is 136 Å². The zero-order valence-electron chi connectivity index (χ0n) is 13.6. The Morgan fingerprint density at radius 3 is 2.57 bits per heavy atom. The molecule has 3 rings (SSSR count). The van der Waals surface area contributed by atoms with E-state index in [2.05, 4.69) is 0 Å². The van der Waals surface area contributed by atoms with Crippen LogP contribution in [-0.2, 0) is 19.7 Å². The van der Waals surface area contributed by atoms with Crippen molar-refractivity contribution in [1.29, 1.82) is 0 Å². The highest BCUT2D eigenvalue weighted by Crippen LogP contribution is 2.45. The van der Waals surface area contributed by atoms with Crippen LogP contribution in [0.25, 0.3) is 0 Å². The van der Waals surface area contributed by atoms with Crippen molar-refractivity contribution in [2.75, 3.05) is 6.61 Å². The highest BCUT2D eigenvalue weighted by Gasteiger charge is 2.53. The first-order valence-electron chi connectivity index (χ1n) is 8.33. The van der Waals surface area contributed by atoms with Crippen LogP contribution in [-0.4, -0.2) is 24.1 Å². The van der Waals surface area contributed by atoms with E-state index in [1.54, 1.807) is 19.1 Å². The van der Waals surface area contributed by atoms with Crippen LogP contribution in [0.15, 0.2) is 24.3 Å². The molecule has 0 spiro atoms. The monoisotopic (exact) mass is 314 g/mol. The number of hydrogen-bond acceptors (Lipinski definition) is 4. The molecule has 0 aliphatic heterocycles. The molecule has 0 heterocycles. The third kappa shape index (κ3) is 2.50. The van der Waals surface area contributed by atoms with E-state index in [-0.39, 0.29) is 12.4 Å². The Hall–Kier alpha value is -1.97. The molecule has 0 radical (unpaired) electrons. The van der Waals surface area contributed by atoms with Crippen LogP contribution < -0.4 is 0 Å². The summed E-state index contributed by atoms with van der Waals surface area (Å²) in [4.78, 5) is 38.0. The lowest BCUT2D eigenvalue weighted by atomic mass is 9.60. The summed E-state index contributed by atoms with van der Waals surface area (Å²) in [5, 5.41) is 0. The van der Waals surface area contributed by atoms with Crippen molar-refractivity contribution < 1.29 is 19.1 Å². The first-order chi connectivity index (χ1) is 11.0. The van der Waals surface area contributed by atoms with Gasteiger partial charge in [-0.2, -0.15) is 0 Å². The lowest BCUT2D eigenvalue weighted by Gasteiger charge is -2.41. The van der Waals surface area contributed by atoms with Gasteiger partial charge in [0, 0.05) is 5.56 Å². The van der Waals surface area contributed by atoms with Crippen molar-refractivity contribution in [2.45, 2.75) is 44.9 Å². The van der Waals surface area contributed by atoms with Gasteiger partial charge in [0.1, 0.15) is 0 Å². The number of carbonyl (C=O) groups is 3. The van der Waals surface area contributed by atoms with Gasteiger partial charge in [0.15, 0.2) is 17.5 Å². The SMILES string of the molecule is CCOC(=O)C1C(=O)c2ccccc2C(C)(CC2CCC2)C1=O. The molecular weight excluding hydrogens is 292 g/mol. The predicted octanol–water partition coefficient (Wildman–Crippen LogP) is 3.08. The Morgan fingerprint density at radius 1 is 1.26 bits per heavy atom. The number of esters is 1. The van der Waals surface area contributed by atoms with Crippen LogP contribution in [0.3, 0.4) is 0 Å². The molecule has 4 nitrogen and oxygen atoms in total. The van der Waals surface area contributed by atoms with Gasteiger partial charge in [-0.1, -0.05) is 43.5 Å². The molecule has 23 heavy (non-hydrogen) atoms. The predicted molar refractivity (Wildman–Crippen MR) is 85.2 cm³/mol. The van der Waals surface area contributed by atoms with Gasteiger partial charge in [-0.3, -0.25) is 14.4 Å². The molecule has 0 N–H and O–H groups in total. The Bertz CT molecular complexity index is 659. The zero-order valence-corrected chi connectivity index (χ0v) is 13.6. The molecule has 0 saturated heterocycles. The quantitative estimate of drug-likeness (QED) is 0.633. The van der Waals surface area contributed by atoms with Crippen LogP contribution in [0.5, 0.6) is 0 Å². The molecule has 2 atom stereocenters. The first kappa shape index (κ1) is 15.9. The summed E-state index contributed by atoms with van der Waals surface area (Å²) in [6.45, 7) is 3.72. The normalized spacial score (nSPS) is 27.3. The lowest BCUT2D eigenvalue weighted by Crippen LogP contribution is -2.50. The average Bonchev–Trinajstić information content (AvgIpc) is 2.50. The van der Waals surface area contributed by atoms with E-state index in [1.165, 1.54) is 6.42 Å². The maximum atomic E-state index is 13.1. The molecule has 2 aliphatic rings. The maximum Gasteiger partial charge on any atom is 0.324 e. The van der Waals surface area contributed by atoms with Crippen LogP contribution in [0.1, 0.15) is 55.5 Å². The summed E-state index contributed by atoms with van der Waals surface area (Å²) in [7, 11) is 0. The maximum absolute atomic E-state index is 13.1. The molecule has 2 aliphatic carbocycles. The average molecular weight is 314 g/mol. The third-order valence-corrected chi connectivity index (χ3v) is 5.30. The van der Waals surface area contributed by atoms with Crippen LogP contribution in [0, 0.1) is 11.8 Å². The number of benzene rings is 1. The Morgan fingerprint density at radius 2 is 1.96 bits per heavy atom. The molecular formula is C19H22O4. The molecule has 1 aromatic carbocycles. The fourth-order valence-corrected chi connectivity index (χ4v) is 3.83. The van der Waals surface area contributed by atoms with Gasteiger partial charge in [0.2, 0.25) is 0 Å². The minimum atomic E-state index is -1.31. The second-order valence-corrected chi connectivity index (χ2v) is 6.79. The standard InChI is InChI=1S/C19H22O4/c1-3-23-18(22)15-16(20)13-9-4-5-10-14(13)19(2,17(15)21)11-12-7-6-8-12/h4-5,9-10,12,15H,3,6-8,11H2,1-2H3. The molecule has 0 aromatic heterocycles. The van der Waals surface area contributed by atoms with E-state index >= 15 is 0 Å². The summed E-state index contributed by atoms with van der Waals surface area (Å²) >= 11 is 0. The summed E-state index contributed by atoms with van der Waals surface area (Å²) in [6, 6.07) is 7.20. The van der Waals surface area contributed by atoms with E-state index in [0.29, 0.717) is 17.9 Å². The van der Waals surface area contributed by atoms with E-state index in [9.17, 15) is 14.4 Å². The summed E-state index contributed by atoms with van der Waals surface area (Å²) < 4.78 is 5.00. The third-order valence-electron chi connectivity index (χ3n) is 5.30. The summed E-state index contributed by atoms with van der Waals surface area (Å²) in [6.07, 6.45) is 4.12. The van der Waals surface area contributed by atoms with Crippen LogP contribution in [0.2, 0.25) is 0 Å². The summed E-state index contributed by atoms with van der Waals surface area (Å²) in [5.74, 6) is -2.25. The topological polar surface area (TPSA) is 60.4 Å². The largest absolute Gasteiger partial charge is 0.465 e. The molecule has 0 amide bonds. The van der Waals surface area contributed by atoms with Gasteiger partial charge in [-0.25, -0.2) is 0 Å². The van der Waals surface area contributed by atoms with Gasteiger partial charge in [-0.05, 0) is 31.7 Å². The number of ketones is 2. The fourth-order valence-electron chi connectivity index (χ4n) is 3.83. The van der Waals surface area contributed by atoms with Crippen molar-refractivity contribution in [1.82, 2.24) is 0 Å². The van der Waals surface area contributed by atoms with Gasteiger partial charge < -0.3 is 4.74 Å². The number of fused-ring (bicyclic) bond motifs is 1. The molecule has 0 bridgehead atoms. The van der Waals surface area contributed by atoms with Crippen molar-refractivity contribution in [3.05, 3.63) is 35.4 Å². The van der Waals surface area contributed by atoms with Gasteiger partial charge in [0.25, 0.3) is 0 Å². The molecule has 1 fully saturated rings. The molecule has 2 unspecified atom stereocenters. The van der Waals surface area contributed by atoms with Crippen LogP contribution >= 0.6 is 0 Å². The number of carbonyl (C=O) groups excluding carboxylic acids is 3. The molecule has 122 valence electrons. The summed E-state index contributed by atoms with van der Waals surface area (Å²) in [5.41, 5.74) is 0.474. The number of rotatable bonds is 4. The zero-order chi connectivity index (χ0) is 16.6. The Kier molecular flexibility index (Phi) is 4.09. The van der Waals surface area contributed by atoms with Crippen molar-refractivity contribution in [2.24, 2.45) is 11.8 Å². The minimum absolute atomic E-state index is 0.164. The van der Waals surface area contributed by atoms with E-state index < -0.39 is 23.1 Å². The van der Waals surface area contributed by atoms with E-state index in [0.717, 1.165) is 18.4 Å². The fraction of sp³-hybridized carbons (Fsp3) is 0.526. The van der Waals surface area contributed by atoms with Crippen LogP contribution in [0.4, 0.5) is 0 Å². The van der Waals surface area contributed by atoms with E-state index in [4.69, 9.17) is 4.74 Å². The number of hydrogen-bond donors (Lipinski definition) is 0.